The van der Waals surface area contributed by atoms with Crippen LogP contribution in [0, 0.1) is 0 Å². The maximum Gasteiger partial charge on any atom is 0.331 e. The molecule has 0 aliphatic carbocycles. The summed E-state index contributed by atoms with van der Waals surface area (Å²) in [5.41, 5.74) is -1.09. The molecule has 0 amide bonds. The number of aromatic nitrogens is 2. The van der Waals surface area contributed by atoms with E-state index in [9.17, 15) is 14.7 Å². The summed E-state index contributed by atoms with van der Waals surface area (Å²) in [6.07, 6.45) is 15.1. The van der Waals surface area contributed by atoms with Crippen molar-refractivity contribution in [1.29, 1.82) is 0 Å². The molecule has 1 rings (SSSR count). The lowest BCUT2D eigenvalue weighted by Crippen LogP contribution is -2.29. The van der Waals surface area contributed by atoms with Crippen LogP contribution in [0.2, 0.25) is 0 Å². The van der Waals surface area contributed by atoms with Crippen LogP contribution < -0.4 is 11.2 Å². The van der Waals surface area contributed by atoms with Gasteiger partial charge in [0, 0.05) is 6.54 Å². The first kappa shape index (κ1) is 19.5. The van der Waals surface area contributed by atoms with Crippen molar-refractivity contribution in [3.05, 3.63) is 26.9 Å². The van der Waals surface area contributed by atoms with Crippen LogP contribution in [0.15, 0.2) is 15.7 Å². The van der Waals surface area contributed by atoms with Crippen LogP contribution in [-0.2, 0) is 6.54 Å². The average Bonchev–Trinajstić information content (AvgIpc) is 2.50. The molecule has 0 aliphatic heterocycles. The number of nitrogens with one attached hydrogen (secondary N) is 1. The van der Waals surface area contributed by atoms with Crippen molar-refractivity contribution in [2.75, 3.05) is 0 Å². The van der Waals surface area contributed by atoms with Crippen molar-refractivity contribution in [3.63, 3.8) is 0 Å². The predicted octanol–water partition coefficient (Wildman–Crippen LogP) is 3.94. The Morgan fingerprint density at radius 1 is 0.870 bits per heavy atom. The molecule has 132 valence electrons. The van der Waals surface area contributed by atoms with Crippen LogP contribution in [-0.4, -0.2) is 14.7 Å². The lowest BCUT2D eigenvalue weighted by Gasteiger charge is -2.07. The number of H-pyrrole nitrogens is 1. The number of aromatic hydroxyl groups is 1. The minimum atomic E-state index is -0.557. The summed E-state index contributed by atoms with van der Waals surface area (Å²) in [5.74, 6) is -0.248. The molecule has 0 unspecified atom stereocenters. The summed E-state index contributed by atoms with van der Waals surface area (Å²) < 4.78 is 1.22. The molecule has 0 atom stereocenters. The van der Waals surface area contributed by atoms with Crippen molar-refractivity contribution < 1.29 is 5.11 Å². The Morgan fingerprint density at radius 3 is 1.83 bits per heavy atom. The van der Waals surface area contributed by atoms with Gasteiger partial charge in [0.15, 0.2) is 0 Å². The van der Waals surface area contributed by atoms with Crippen molar-refractivity contribution >= 4 is 0 Å². The van der Waals surface area contributed by atoms with Gasteiger partial charge in [0.2, 0.25) is 5.88 Å². The summed E-state index contributed by atoms with van der Waals surface area (Å²) >= 11 is 0. The number of unbranched alkanes of at least 4 members (excludes halogenated alkanes) is 11. The molecule has 0 aromatic carbocycles. The van der Waals surface area contributed by atoms with Gasteiger partial charge in [-0.15, -0.1) is 0 Å². The highest BCUT2D eigenvalue weighted by Gasteiger charge is 2.03. The molecule has 23 heavy (non-hydrogen) atoms. The first-order chi connectivity index (χ1) is 11.1. The SMILES string of the molecule is CCCCCCCCCCCCCCn1c(O)cc(=O)[nH]c1=O. The summed E-state index contributed by atoms with van der Waals surface area (Å²) in [4.78, 5) is 24.7. The van der Waals surface area contributed by atoms with Crippen LogP contribution in [0.1, 0.15) is 84.0 Å². The van der Waals surface area contributed by atoms with E-state index in [0.717, 1.165) is 25.3 Å². The van der Waals surface area contributed by atoms with E-state index in [1.54, 1.807) is 0 Å². The molecular formula is C18H32N2O3. The van der Waals surface area contributed by atoms with E-state index < -0.39 is 11.2 Å². The summed E-state index contributed by atoms with van der Waals surface area (Å²) in [7, 11) is 0. The van der Waals surface area contributed by atoms with Crippen molar-refractivity contribution in [2.45, 2.75) is 90.5 Å². The fourth-order valence-corrected chi connectivity index (χ4v) is 2.84. The second kappa shape index (κ2) is 12.0. The zero-order chi connectivity index (χ0) is 16.9. The standard InChI is InChI=1S/C18H32N2O3/c1-2-3-4-5-6-7-8-9-10-11-12-13-14-20-17(22)15-16(21)19-18(20)23/h15,22H,2-14H2,1H3,(H,19,21,23). The van der Waals surface area contributed by atoms with E-state index in [0.29, 0.717) is 6.54 Å². The van der Waals surface area contributed by atoms with Gasteiger partial charge in [-0.25, -0.2) is 4.79 Å². The Labute approximate surface area is 138 Å². The van der Waals surface area contributed by atoms with E-state index in [4.69, 9.17) is 0 Å². The molecule has 1 aromatic heterocycles. The molecule has 0 aliphatic rings. The average molecular weight is 324 g/mol. The third-order valence-corrected chi connectivity index (χ3v) is 4.25. The number of hydrogen-bond donors (Lipinski definition) is 2. The van der Waals surface area contributed by atoms with Gasteiger partial charge in [-0.1, -0.05) is 77.6 Å². The Morgan fingerprint density at radius 2 is 1.35 bits per heavy atom. The fraction of sp³-hybridized carbons (Fsp3) is 0.778. The highest BCUT2D eigenvalue weighted by atomic mass is 16.3. The minimum Gasteiger partial charge on any atom is -0.494 e. The summed E-state index contributed by atoms with van der Waals surface area (Å²) in [6.45, 7) is 2.70. The van der Waals surface area contributed by atoms with Gasteiger partial charge in [-0.2, -0.15) is 0 Å². The second-order valence-corrected chi connectivity index (χ2v) is 6.34. The van der Waals surface area contributed by atoms with E-state index in [1.165, 1.54) is 62.4 Å². The molecule has 0 bridgehead atoms. The fourth-order valence-electron chi connectivity index (χ4n) is 2.84. The minimum absolute atomic E-state index is 0.248. The third-order valence-electron chi connectivity index (χ3n) is 4.25. The molecule has 5 nitrogen and oxygen atoms in total. The van der Waals surface area contributed by atoms with E-state index in [1.807, 2.05) is 0 Å². The molecule has 0 fully saturated rings. The van der Waals surface area contributed by atoms with E-state index in [2.05, 4.69) is 11.9 Å². The Hall–Kier alpha value is -1.52. The van der Waals surface area contributed by atoms with Crippen LogP contribution >= 0.6 is 0 Å². The Bertz CT molecular complexity index is 534. The molecule has 2 N–H and O–H groups in total. The number of aromatic amines is 1. The van der Waals surface area contributed by atoms with Crippen molar-refractivity contribution in [3.8, 4) is 5.88 Å². The van der Waals surface area contributed by atoms with Gasteiger partial charge in [0.1, 0.15) is 0 Å². The van der Waals surface area contributed by atoms with Gasteiger partial charge in [-0.3, -0.25) is 14.3 Å². The predicted molar refractivity (Wildman–Crippen MR) is 94.1 cm³/mol. The third kappa shape index (κ3) is 8.62. The monoisotopic (exact) mass is 324 g/mol. The quantitative estimate of drug-likeness (QED) is 0.540. The lowest BCUT2D eigenvalue weighted by atomic mass is 10.1. The van der Waals surface area contributed by atoms with Crippen LogP contribution in [0.5, 0.6) is 5.88 Å². The molecule has 1 aromatic rings. The zero-order valence-corrected chi connectivity index (χ0v) is 14.5. The Kier molecular flexibility index (Phi) is 10.2. The van der Waals surface area contributed by atoms with Crippen LogP contribution in [0.4, 0.5) is 0 Å². The van der Waals surface area contributed by atoms with Crippen molar-refractivity contribution in [1.82, 2.24) is 9.55 Å². The number of nitrogens with zero attached hydrogens (tertiary/aromatic N) is 1. The summed E-state index contributed by atoms with van der Waals surface area (Å²) in [5, 5.41) is 9.59. The topological polar surface area (TPSA) is 75.1 Å². The van der Waals surface area contributed by atoms with Crippen molar-refractivity contribution in [2.24, 2.45) is 0 Å². The molecule has 1 heterocycles. The molecule has 0 radical (unpaired) electrons. The first-order valence-corrected chi connectivity index (χ1v) is 9.18. The molecule has 5 heteroatoms. The zero-order valence-electron chi connectivity index (χ0n) is 14.5. The highest BCUT2D eigenvalue weighted by molar-refractivity contribution is 5.05. The summed E-state index contributed by atoms with van der Waals surface area (Å²) in [6, 6.07) is 1.04. The van der Waals surface area contributed by atoms with E-state index in [-0.39, 0.29) is 5.88 Å². The smallest absolute Gasteiger partial charge is 0.331 e. The van der Waals surface area contributed by atoms with Gasteiger partial charge in [-0.05, 0) is 6.42 Å². The van der Waals surface area contributed by atoms with Gasteiger partial charge in [0.25, 0.3) is 5.56 Å². The van der Waals surface area contributed by atoms with Crippen LogP contribution in [0.25, 0.3) is 0 Å². The molecule has 0 spiro atoms. The first-order valence-electron chi connectivity index (χ1n) is 9.18. The maximum absolute atomic E-state index is 11.5. The number of rotatable bonds is 13. The highest BCUT2D eigenvalue weighted by Crippen LogP contribution is 2.12. The maximum atomic E-state index is 11.5. The number of hydrogen-bond acceptors (Lipinski definition) is 3. The largest absolute Gasteiger partial charge is 0.494 e. The molecule has 0 saturated heterocycles. The molecular weight excluding hydrogens is 292 g/mol. The second-order valence-electron chi connectivity index (χ2n) is 6.34. The normalized spacial score (nSPS) is 11.0. The Balaban J connectivity index is 2.00. The lowest BCUT2D eigenvalue weighted by molar-refractivity contribution is 0.392. The van der Waals surface area contributed by atoms with E-state index >= 15 is 0 Å². The van der Waals surface area contributed by atoms with Crippen LogP contribution in [0.3, 0.4) is 0 Å². The van der Waals surface area contributed by atoms with Gasteiger partial charge < -0.3 is 5.11 Å². The van der Waals surface area contributed by atoms with Gasteiger partial charge >= 0.3 is 5.69 Å². The van der Waals surface area contributed by atoms with Gasteiger partial charge in [0.05, 0.1) is 6.07 Å². The molecule has 0 saturated carbocycles.